The Morgan fingerprint density at radius 1 is 1.30 bits per heavy atom. The molecular formula is C16H23N3O. The predicted molar refractivity (Wildman–Crippen MR) is 84.3 cm³/mol. The van der Waals surface area contributed by atoms with Crippen LogP contribution in [-0.4, -0.2) is 38.8 Å². The first kappa shape index (κ1) is 14.8. The summed E-state index contributed by atoms with van der Waals surface area (Å²) in [5, 5.41) is 4.39. The van der Waals surface area contributed by atoms with E-state index in [1.807, 2.05) is 26.1 Å². The Kier molecular flexibility index (Phi) is 5.32. The monoisotopic (exact) mass is 273 g/mol. The number of hydrogen-bond acceptors (Lipinski definition) is 4. The van der Waals surface area contributed by atoms with Gasteiger partial charge in [0.1, 0.15) is 5.82 Å². The van der Waals surface area contributed by atoms with Crippen molar-refractivity contribution in [3.8, 4) is 0 Å². The third-order valence-corrected chi connectivity index (χ3v) is 3.28. The number of hydrogen-bond donors (Lipinski definition) is 1. The van der Waals surface area contributed by atoms with Gasteiger partial charge in [-0.2, -0.15) is 0 Å². The van der Waals surface area contributed by atoms with E-state index >= 15 is 0 Å². The first-order chi connectivity index (χ1) is 9.76. The van der Waals surface area contributed by atoms with Crippen molar-refractivity contribution in [2.45, 2.75) is 13.5 Å². The second kappa shape index (κ2) is 7.22. The van der Waals surface area contributed by atoms with E-state index in [1.165, 1.54) is 10.9 Å². The minimum atomic E-state index is 0.723. The van der Waals surface area contributed by atoms with E-state index in [0.717, 1.165) is 37.6 Å². The van der Waals surface area contributed by atoms with Crippen LogP contribution in [0.15, 0.2) is 30.3 Å². The molecule has 0 saturated carbocycles. The number of pyridine rings is 1. The number of fused-ring (bicyclic) bond motifs is 1. The van der Waals surface area contributed by atoms with Gasteiger partial charge in [-0.25, -0.2) is 4.98 Å². The van der Waals surface area contributed by atoms with Crippen LogP contribution in [0, 0.1) is 0 Å². The van der Waals surface area contributed by atoms with Crippen molar-refractivity contribution in [2.75, 3.05) is 38.8 Å². The standard InChI is InChI=1S/C16H23N3O/c1-4-20-10-9-19(3)16-14(12-17-2)11-13-7-5-6-8-15(13)18-16/h5-8,11,17H,4,9-10,12H2,1-3H3. The van der Waals surface area contributed by atoms with Crippen molar-refractivity contribution in [2.24, 2.45) is 0 Å². The second-order valence-electron chi connectivity index (χ2n) is 4.81. The molecule has 1 aromatic heterocycles. The van der Waals surface area contributed by atoms with Crippen molar-refractivity contribution in [3.05, 3.63) is 35.9 Å². The van der Waals surface area contributed by atoms with Crippen LogP contribution in [0.5, 0.6) is 0 Å². The number of para-hydroxylation sites is 1. The van der Waals surface area contributed by atoms with Gasteiger partial charge in [-0.3, -0.25) is 0 Å². The Morgan fingerprint density at radius 2 is 2.10 bits per heavy atom. The van der Waals surface area contributed by atoms with Crippen molar-refractivity contribution < 1.29 is 4.74 Å². The Labute approximate surface area is 120 Å². The summed E-state index contributed by atoms with van der Waals surface area (Å²) < 4.78 is 5.43. The lowest BCUT2D eigenvalue weighted by atomic mass is 10.1. The van der Waals surface area contributed by atoms with Crippen molar-refractivity contribution >= 4 is 16.7 Å². The summed E-state index contributed by atoms with van der Waals surface area (Å²) >= 11 is 0. The number of nitrogens with one attached hydrogen (secondary N) is 1. The van der Waals surface area contributed by atoms with Gasteiger partial charge in [0.25, 0.3) is 0 Å². The SMILES string of the molecule is CCOCCN(C)c1nc2ccccc2cc1CNC. The fourth-order valence-electron chi connectivity index (χ4n) is 2.25. The highest BCUT2D eigenvalue weighted by molar-refractivity contribution is 5.81. The lowest BCUT2D eigenvalue weighted by Crippen LogP contribution is -2.25. The van der Waals surface area contributed by atoms with E-state index in [-0.39, 0.29) is 0 Å². The Hall–Kier alpha value is -1.65. The Balaban J connectivity index is 2.30. The number of benzene rings is 1. The maximum Gasteiger partial charge on any atom is 0.133 e. The first-order valence-corrected chi connectivity index (χ1v) is 7.08. The molecule has 0 aliphatic carbocycles. The van der Waals surface area contributed by atoms with Crippen LogP contribution in [0.3, 0.4) is 0 Å². The zero-order valence-electron chi connectivity index (χ0n) is 12.5. The molecule has 0 saturated heterocycles. The highest BCUT2D eigenvalue weighted by atomic mass is 16.5. The van der Waals surface area contributed by atoms with Gasteiger partial charge in [-0.1, -0.05) is 18.2 Å². The molecule has 0 radical (unpaired) electrons. The maximum absolute atomic E-state index is 5.43. The van der Waals surface area contributed by atoms with Gasteiger partial charge in [0.2, 0.25) is 0 Å². The molecule has 20 heavy (non-hydrogen) atoms. The molecule has 0 amide bonds. The quantitative estimate of drug-likeness (QED) is 0.786. The molecule has 1 aromatic carbocycles. The Bertz CT molecular complexity index is 556. The van der Waals surface area contributed by atoms with Crippen LogP contribution in [0.25, 0.3) is 10.9 Å². The van der Waals surface area contributed by atoms with Crippen LogP contribution in [0.1, 0.15) is 12.5 Å². The number of anilines is 1. The molecule has 4 nitrogen and oxygen atoms in total. The normalized spacial score (nSPS) is 10.9. The summed E-state index contributed by atoms with van der Waals surface area (Å²) in [5.74, 6) is 1.03. The molecule has 108 valence electrons. The zero-order chi connectivity index (χ0) is 14.4. The van der Waals surface area contributed by atoms with E-state index < -0.39 is 0 Å². The molecule has 0 fully saturated rings. The maximum atomic E-state index is 5.43. The highest BCUT2D eigenvalue weighted by Crippen LogP contribution is 2.22. The number of rotatable bonds is 7. The van der Waals surface area contributed by atoms with Gasteiger partial charge in [0.15, 0.2) is 0 Å². The van der Waals surface area contributed by atoms with Crippen LogP contribution >= 0.6 is 0 Å². The van der Waals surface area contributed by atoms with E-state index in [9.17, 15) is 0 Å². The molecule has 1 N–H and O–H groups in total. The van der Waals surface area contributed by atoms with E-state index in [2.05, 4.69) is 35.5 Å². The zero-order valence-corrected chi connectivity index (χ0v) is 12.5. The molecule has 0 aliphatic heterocycles. The summed E-state index contributed by atoms with van der Waals surface area (Å²) in [6, 6.07) is 10.4. The molecule has 2 aromatic rings. The van der Waals surface area contributed by atoms with E-state index in [0.29, 0.717) is 0 Å². The average molecular weight is 273 g/mol. The van der Waals surface area contributed by atoms with Gasteiger partial charge in [-0.15, -0.1) is 0 Å². The molecule has 0 bridgehead atoms. The highest BCUT2D eigenvalue weighted by Gasteiger charge is 2.10. The number of nitrogens with zero attached hydrogens (tertiary/aromatic N) is 2. The topological polar surface area (TPSA) is 37.4 Å². The molecule has 0 unspecified atom stereocenters. The van der Waals surface area contributed by atoms with Crippen LogP contribution in [0.4, 0.5) is 5.82 Å². The van der Waals surface area contributed by atoms with Gasteiger partial charge in [0.05, 0.1) is 12.1 Å². The smallest absolute Gasteiger partial charge is 0.133 e. The molecule has 0 spiro atoms. The van der Waals surface area contributed by atoms with Gasteiger partial charge in [-0.05, 0) is 26.1 Å². The number of likely N-dealkylation sites (N-methyl/N-ethyl adjacent to an activating group) is 1. The van der Waals surface area contributed by atoms with Crippen molar-refractivity contribution in [3.63, 3.8) is 0 Å². The third kappa shape index (κ3) is 3.46. The fourth-order valence-corrected chi connectivity index (χ4v) is 2.25. The molecule has 2 rings (SSSR count). The lowest BCUT2D eigenvalue weighted by molar-refractivity contribution is 0.154. The molecule has 4 heteroatoms. The summed E-state index contributed by atoms with van der Waals surface area (Å²) in [7, 11) is 4.02. The molecule has 0 atom stereocenters. The summed E-state index contributed by atoms with van der Waals surface area (Å²) in [6.45, 7) is 5.14. The van der Waals surface area contributed by atoms with Gasteiger partial charge in [0, 0.05) is 37.7 Å². The van der Waals surface area contributed by atoms with Gasteiger partial charge >= 0.3 is 0 Å². The minimum Gasteiger partial charge on any atom is -0.380 e. The minimum absolute atomic E-state index is 0.723. The fraction of sp³-hybridized carbons (Fsp3) is 0.438. The van der Waals surface area contributed by atoms with E-state index in [4.69, 9.17) is 9.72 Å². The molecule has 1 heterocycles. The first-order valence-electron chi connectivity index (χ1n) is 7.08. The van der Waals surface area contributed by atoms with Gasteiger partial charge < -0.3 is 15.0 Å². The van der Waals surface area contributed by atoms with Crippen molar-refractivity contribution in [1.82, 2.24) is 10.3 Å². The third-order valence-electron chi connectivity index (χ3n) is 3.28. The van der Waals surface area contributed by atoms with Crippen LogP contribution in [-0.2, 0) is 11.3 Å². The summed E-state index contributed by atoms with van der Waals surface area (Å²) in [6.07, 6.45) is 0. The lowest BCUT2D eigenvalue weighted by Gasteiger charge is -2.22. The van der Waals surface area contributed by atoms with E-state index in [1.54, 1.807) is 0 Å². The summed E-state index contributed by atoms with van der Waals surface area (Å²) in [4.78, 5) is 6.96. The number of ether oxygens (including phenoxy) is 1. The van der Waals surface area contributed by atoms with Crippen LogP contribution in [0.2, 0.25) is 0 Å². The van der Waals surface area contributed by atoms with Crippen LogP contribution < -0.4 is 10.2 Å². The second-order valence-corrected chi connectivity index (χ2v) is 4.81. The predicted octanol–water partition coefficient (Wildman–Crippen LogP) is 2.43. The average Bonchev–Trinajstić information content (AvgIpc) is 2.47. The number of aromatic nitrogens is 1. The summed E-state index contributed by atoms with van der Waals surface area (Å²) in [5.41, 5.74) is 2.25. The Morgan fingerprint density at radius 3 is 2.85 bits per heavy atom. The van der Waals surface area contributed by atoms with Crippen molar-refractivity contribution in [1.29, 1.82) is 0 Å². The molecular weight excluding hydrogens is 250 g/mol. The largest absolute Gasteiger partial charge is 0.380 e. The molecule has 0 aliphatic rings.